The van der Waals surface area contributed by atoms with Crippen LogP contribution in [0.25, 0.3) is 0 Å². The van der Waals surface area contributed by atoms with Crippen molar-refractivity contribution in [3.8, 4) is 0 Å². The number of rotatable bonds is 1. The zero-order chi connectivity index (χ0) is 10.1. The monoisotopic (exact) mass is 209 g/mol. The van der Waals surface area contributed by atoms with Gasteiger partial charge >= 0.3 is 0 Å². The molecule has 2 heteroatoms. The van der Waals surface area contributed by atoms with Gasteiger partial charge in [-0.05, 0) is 55.4 Å². The fourth-order valence-electron chi connectivity index (χ4n) is 2.28. The van der Waals surface area contributed by atoms with Gasteiger partial charge in [-0.25, -0.2) is 0 Å². The lowest BCUT2D eigenvalue weighted by Crippen LogP contribution is -2.13. The molecule has 0 bridgehead atoms. The van der Waals surface area contributed by atoms with E-state index in [-0.39, 0.29) is 6.04 Å². The van der Waals surface area contributed by atoms with Crippen molar-refractivity contribution in [2.24, 2.45) is 5.73 Å². The third-order valence-corrected chi connectivity index (χ3v) is 3.36. The Bertz CT molecular complexity index is 344. The molecule has 76 valence electrons. The molecular formula is C12H16ClN. The van der Waals surface area contributed by atoms with Gasteiger partial charge in [-0.15, -0.1) is 0 Å². The smallest absolute Gasteiger partial charge is 0.0440 e. The molecule has 0 saturated carbocycles. The lowest BCUT2D eigenvalue weighted by molar-refractivity contribution is 0.667. The van der Waals surface area contributed by atoms with Crippen LogP contribution in [0.4, 0.5) is 0 Å². The summed E-state index contributed by atoms with van der Waals surface area (Å²) in [5.74, 6) is 0. The van der Waals surface area contributed by atoms with Gasteiger partial charge in [-0.3, -0.25) is 0 Å². The molecule has 0 amide bonds. The Hall–Kier alpha value is -0.530. The molecule has 0 aromatic heterocycles. The first-order valence-corrected chi connectivity index (χ1v) is 5.63. The molecule has 2 rings (SSSR count). The number of nitrogens with two attached hydrogens (primary N) is 1. The van der Waals surface area contributed by atoms with Crippen molar-refractivity contribution in [2.75, 3.05) is 0 Å². The first-order valence-electron chi connectivity index (χ1n) is 5.26. The summed E-state index contributed by atoms with van der Waals surface area (Å²) in [4.78, 5) is 0. The van der Waals surface area contributed by atoms with Crippen LogP contribution in [0.15, 0.2) is 12.1 Å². The summed E-state index contributed by atoms with van der Waals surface area (Å²) in [6.07, 6.45) is 4.80. The maximum Gasteiger partial charge on any atom is 0.0440 e. The summed E-state index contributed by atoms with van der Waals surface area (Å²) in [7, 11) is 0. The van der Waals surface area contributed by atoms with Crippen LogP contribution in [-0.2, 0) is 12.8 Å². The first-order chi connectivity index (χ1) is 6.70. The molecule has 1 aromatic rings. The first kappa shape index (κ1) is 10.0. The second-order valence-corrected chi connectivity index (χ2v) is 4.50. The topological polar surface area (TPSA) is 26.0 Å². The highest BCUT2D eigenvalue weighted by Crippen LogP contribution is 2.32. The van der Waals surface area contributed by atoms with E-state index in [1.807, 2.05) is 13.0 Å². The van der Waals surface area contributed by atoms with Crippen molar-refractivity contribution in [3.63, 3.8) is 0 Å². The van der Waals surface area contributed by atoms with Crippen LogP contribution >= 0.6 is 11.6 Å². The fraction of sp³-hybridized carbons (Fsp3) is 0.500. The van der Waals surface area contributed by atoms with E-state index < -0.39 is 0 Å². The highest BCUT2D eigenvalue weighted by molar-refractivity contribution is 6.31. The molecule has 0 saturated heterocycles. The standard InChI is InChI=1S/C12H16ClN/c1-8(14)9-6-7-12(13)11-5-3-2-4-10(9)11/h6-8H,2-5,14H2,1H3/t8-/m1/s1. The highest BCUT2D eigenvalue weighted by atomic mass is 35.5. The molecule has 0 aliphatic heterocycles. The van der Waals surface area contributed by atoms with Crippen LogP contribution in [0.2, 0.25) is 5.02 Å². The van der Waals surface area contributed by atoms with Crippen LogP contribution in [0.3, 0.4) is 0 Å². The molecule has 0 fully saturated rings. The number of hydrogen-bond donors (Lipinski definition) is 1. The Morgan fingerprint density at radius 1 is 1.21 bits per heavy atom. The second kappa shape index (κ2) is 3.92. The Kier molecular flexibility index (Phi) is 2.80. The molecule has 1 aliphatic carbocycles. The molecule has 1 aromatic carbocycles. The van der Waals surface area contributed by atoms with Gasteiger partial charge in [0, 0.05) is 11.1 Å². The molecule has 14 heavy (non-hydrogen) atoms. The van der Waals surface area contributed by atoms with Gasteiger partial charge < -0.3 is 5.73 Å². The SMILES string of the molecule is C[C@@H](N)c1ccc(Cl)c2c1CCCC2. The van der Waals surface area contributed by atoms with Crippen LogP contribution in [0.1, 0.15) is 42.5 Å². The van der Waals surface area contributed by atoms with E-state index in [1.165, 1.54) is 29.5 Å². The van der Waals surface area contributed by atoms with Crippen LogP contribution < -0.4 is 5.73 Å². The predicted octanol–water partition coefficient (Wildman–Crippen LogP) is 3.24. The average molecular weight is 210 g/mol. The minimum absolute atomic E-state index is 0.124. The number of hydrogen-bond acceptors (Lipinski definition) is 1. The van der Waals surface area contributed by atoms with Gasteiger partial charge in [0.2, 0.25) is 0 Å². The maximum absolute atomic E-state index is 6.18. The highest BCUT2D eigenvalue weighted by Gasteiger charge is 2.17. The molecule has 2 N–H and O–H groups in total. The molecule has 0 unspecified atom stereocenters. The van der Waals surface area contributed by atoms with Crippen molar-refractivity contribution >= 4 is 11.6 Å². The van der Waals surface area contributed by atoms with Crippen molar-refractivity contribution < 1.29 is 0 Å². The van der Waals surface area contributed by atoms with Crippen LogP contribution in [0.5, 0.6) is 0 Å². The summed E-state index contributed by atoms with van der Waals surface area (Å²) in [6.45, 7) is 2.04. The zero-order valence-electron chi connectivity index (χ0n) is 8.52. The van der Waals surface area contributed by atoms with E-state index in [1.54, 1.807) is 0 Å². The summed E-state index contributed by atoms with van der Waals surface area (Å²) in [5, 5.41) is 0.920. The lowest BCUT2D eigenvalue weighted by Gasteiger charge is -2.22. The fourth-order valence-corrected chi connectivity index (χ4v) is 2.55. The third-order valence-electron chi connectivity index (χ3n) is 3.00. The number of benzene rings is 1. The minimum atomic E-state index is 0.124. The van der Waals surface area contributed by atoms with Crippen molar-refractivity contribution in [2.45, 2.75) is 38.6 Å². The van der Waals surface area contributed by atoms with Crippen LogP contribution in [0, 0.1) is 0 Å². The summed E-state index contributed by atoms with van der Waals surface area (Å²) in [6, 6.07) is 4.20. The zero-order valence-corrected chi connectivity index (χ0v) is 9.27. The van der Waals surface area contributed by atoms with E-state index in [0.717, 1.165) is 17.9 Å². The van der Waals surface area contributed by atoms with Gasteiger partial charge in [0.15, 0.2) is 0 Å². The Balaban J connectivity index is 2.53. The van der Waals surface area contributed by atoms with Gasteiger partial charge in [0.25, 0.3) is 0 Å². The lowest BCUT2D eigenvalue weighted by atomic mass is 9.86. The summed E-state index contributed by atoms with van der Waals surface area (Å²) in [5.41, 5.74) is 9.98. The Morgan fingerprint density at radius 2 is 1.86 bits per heavy atom. The van der Waals surface area contributed by atoms with E-state index in [4.69, 9.17) is 17.3 Å². The summed E-state index contributed by atoms with van der Waals surface area (Å²) >= 11 is 6.18. The minimum Gasteiger partial charge on any atom is -0.324 e. The Morgan fingerprint density at radius 3 is 2.50 bits per heavy atom. The van der Waals surface area contributed by atoms with E-state index in [9.17, 15) is 0 Å². The predicted molar refractivity (Wildman–Crippen MR) is 60.7 cm³/mol. The van der Waals surface area contributed by atoms with E-state index >= 15 is 0 Å². The average Bonchev–Trinajstić information content (AvgIpc) is 2.18. The Labute approximate surface area is 90.3 Å². The van der Waals surface area contributed by atoms with Gasteiger partial charge in [0.05, 0.1) is 0 Å². The molecule has 1 nitrogen and oxygen atoms in total. The molecule has 1 atom stereocenters. The third kappa shape index (κ3) is 1.67. The van der Waals surface area contributed by atoms with Gasteiger partial charge in [-0.2, -0.15) is 0 Å². The van der Waals surface area contributed by atoms with Crippen molar-refractivity contribution in [3.05, 3.63) is 33.8 Å². The van der Waals surface area contributed by atoms with Gasteiger partial charge in [0.1, 0.15) is 0 Å². The van der Waals surface area contributed by atoms with Gasteiger partial charge in [-0.1, -0.05) is 17.7 Å². The summed E-state index contributed by atoms with van der Waals surface area (Å²) < 4.78 is 0. The molecule has 1 aliphatic rings. The largest absolute Gasteiger partial charge is 0.324 e. The van der Waals surface area contributed by atoms with Crippen molar-refractivity contribution in [1.29, 1.82) is 0 Å². The van der Waals surface area contributed by atoms with Crippen molar-refractivity contribution in [1.82, 2.24) is 0 Å². The molecular weight excluding hydrogens is 194 g/mol. The number of fused-ring (bicyclic) bond motifs is 1. The van der Waals surface area contributed by atoms with E-state index in [0.29, 0.717) is 0 Å². The molecule has 0 heterocycles. The molecule has 0 spiro atoms. The van der Waals surface area contributed by atoms with E-state index in [2.05, 4.69) is 6.07 Å². The maximum atomic E-state index is 6.18. The quantitative estimate of drug-likeness (QED) is 0.755. The number of halogens is 1. The normalized spacial score (nSPS) is 17.6. The second-order valence-electron chi connectivity index (χ2n) is 4.09. The molecule has 0 radical (unpaired) electrons. The van der Waals surface area contributed by atoms with Crippen LogP contribution in [-0.4, -0.2) is 0 Å².